The molecule has 0 amide bonds. The van der Waals surface area contributed by atoms with Crippen LogP contribution in [0.4, 0.5) is 0 Å². The minimum Gasteiger partial charge on any atom is -0.481 e. The summed E-state index contributed by atoms with van der Waals surface area (Å²) in [4.78, 5) is 10.6. The number of carbonyl (C=O) groups is 1. The third kappa shape index (κ3) is 4.85. The molecule has 100 valence electrons. The first-order chi connectivity index (χ1) is 8.30. The van der Waals surface area contributed by atoms with E-state index in [0.29, 0.717) is 0 Å². The summed E-state index contributed by atoms with van der Waals surface area (Å²) in [7, 11) is -3.56. The second-order valence-corrected chi connectivity index (χ2v) is 6.18. The number of rotatable bonds is 6. The maximum absolute atomic E-state index is 11.6. The fourth-order valence-electron chi connectivity index (χ4n) is 1.36. The standard InChI is InChI=1S/C12H17NO4S/c1-9-3-5-11(6-4-9)7-13-18(16,17)8-10(2)12(14)15/h3-6,10,13H,7-8H2,1-2H3,(H,14,15). The van der Waals surface area contributed by atoms with Gasteiger partial charge in [0.05, 0.1) is 11.7 Å². The molecule has 1 aromatic rings. The molecule has 0 bridgehead atoms. The minimum absolute atomic E-state index is 0.176. The third-order valence-corrected chi connectivity index (χ3v) is 4.03. The van der Waals surface area contributed by atoms with Crippen LogP contribution in [-0.4, -0.2) is 25.2 Å². The summed E-state index contributed by atoms with van der Waals surface area (Å²) in [5, 5.41) is 8.67. The average Bonchev–Trinajstić information content (AvgIpc) is 2.27. The second-order valence-electron chi connectivity index (χ2n) is 4.33. The van der Waals surface area contributed by atoms with Crippen molar-refractivity contribution in [3.63, 3.8) is 0 Å². The lowest BCUT2D eigenvalue weighted by Crippen LogP contribution is -2.31. The van der Waals surface area contributed by atoms with Crippen molar-refractivity contribution in [3.8, 4) is 0 Å². The third-order valence-electron chi connectivity index (χ3n) is 2.51. The predicted molar refractivity (Wildman–Crippen MR) is 68.6 cm³/mol. The molecule has 0 spiro atoms. The Kier molecular flexibility index (Phi) is 4.86. The van der Waals surface area contributed by atoms with Gasteiger partial charge in [-0.2, -0.15) is 0 Å². The van der Waals surface area contributed by atoms with Crippen LogP contribution in [0.2, 0.25) is 0 Å². The maximum atomic E-state index is 11.6. The first kappa shape index (κ1) is 14.7. The number of nitrogens with one attached hydrogen (secondary N) is 1. The van der Waals surface area contributed by atoms with Gasteiger partial charge in [0.1, 0.15) is 0 Å². The highest BCUT2D eigenvalue weighted by Crippen LogP contribution is 2.05. The Labute approximate surface area is 107 Å². The fraction of sp³-hybridized carbons (Fsp3) is 0.417. The SMILES string of the molecule is Cc1ccc(CNS(=O)(=O)CC(C)C(=O)O)cc1. The molecule has 0 radical (unpaired) electrons. The summed E-state index contributed by atoms with van der Waals surface area (Å²) in [5.74, 6) is -2.44. The van der Waals surface area contributed by atoms with Crippen LogP contribution in [0.25, 0.3) is 0 Å². The highest BCUT2D eigenvalue weighted by atomic mass is 32.2. The molecule has 0 aromatic heterocycles. The highest BCUT2D eigenvalue weighted by molar-refractivity contribution is 7.89. The molecule has 0 aliphatic rings. The van der Waals surface area contributed by atoms with Crippen molar-refractivity contribution in [2.45, 2.75) is 20.4 Å². The molecule has 1 rings (SSSR count). The summed E-state index contributed by atoms with van der Waals surface area (Å²) in [5.41, 5.74) is 1.94. The molecule has 1 atom stereocenters. The number of sulfonamides is 1. The first-order valence-corrected chi connectivity index (χ1v) is 7.21. The van der Waals surface area contributed by atoms with Gasteiger partial charge in [-0.3, -0.25) is 4.79 Å². The highest BCUT2D eigenvalue weighted by Gasteiger charge is 2.20. The van der Waals surface area contributed by atoms with E-state index in [9.17, 15) is 13.2 Å². The topological polar surface area (TPSA) is 83.5 Å². The van der Waals surface area contributed by atoms with Gasteiger partial charge in [-0.1, -0.05) is 36.8 Å². The van der Waals surface area contributed by atoms with Gasteiger partial charge in [0, 0.05) is 6.54 Å². The van der Waals surface area contributed by atoms with E-state index in [0.717, 1.165) is 11.1 Å². The Balaban J connectivity index is 2.56. The Morgan fingerprint density at radius 3 is 2.39 bits per heavy atom. The predicted octanol–water partition coefficient (Wildman–Crippen LogP) is 1.14. The van der Waals surface area contributed by atoms with Crippen LogP contribution < -0.4 is 4.72 Å². The van der Waals surface area contributed by atoms with Crippen LogP contribution in [-0.2, 0) is 21.4 Å². The zero-order valence-electron chi connectivity index (χ0n) is 10.4. The molecule has 0 heterocycles. The van der Waals surface area contributed by atoms with E-state index in [1.54, 1.807) is 0 Å². The Bertz CT molecular complexity index is 507. The molecule has 1 unspecified atom stereocenters. The molecule has 0 saturated heterocycles. The van der Waals surface area contributed by atoms with Gasteiger partial charge in [0.2, 0.25) is 10.0 Å². The van der Waals surface area contributed by atoms with Crippen molar-refractivity contribution in [2.24, 2.45) is 5.92 Å². The van der Waals surface area contributed by atoms with E-state index < -0.39 is 27.7 Å². The van der Waals surface area contributed by atoms with E-state index >= 15 is 0 Å². The van der Waals surface area contributed by atoms with Gasteiger partial charge >= 0.3 is 5.97 Å². The van der Waals surface area contributed by atoms with Crippen molar-refractivity contribution in [1.82, 2.24) is 4.72 Å². The molecule has 18 heavy (non-hydrogen) atoms. The number of carboxylic acid groups (broad SMARTS) is 1. The number of carboxylic acids is 1. The number of aliphatic carboxylic acids is 1. The normalized spacial score (nSPS) is 13.2. The van der Waals surface area contributed by atoms with E-state index in [1.165, 1.54) is 6.92 Å². The number of aryl methyl sites for hydroxylation is 1. The summed E-state index contributed by atoms with van der Waals surface area (Å²) in [6.07, 6.45) is 0. The first-order valence-electron chi connectivity index (χ1n) is 5.56. The Morgan fingerprint density at radius 1 is 1.33 bits per heavy atom. The molecule has 0 aliphatic carbocycles. The maximum Gasteiger partial charge on any atom is 0.307 e. The summed E-state index contributed by atoms with van der Waals surface area (Å²) in [6.45, 7) is 3.49. The smallest absolute Gasteiger partial charge is 0.307 e. The molecule has 5 nitrogen and oxygen atoms in total. The van der Waals surface area contributed by atoms with Gasteiger partial charge in [-0.25, -0.2) is 13.1 Å². The van der Waals surface area contributed by atoms with E-state index in [-0.39, 0.29) is 6.54 Å². The van der Waals surface area contributed by atoms with E-state index in [1.807, 2.05) is 31.2 Å². The quantitative estimate of drug-likeness (QED) is 0.812. The fourth-order valence-corrected chi connectivity index (χ4v) is 2.66. The second kappa shape index (κ2) is 5.97. The zero-order chi connectivity index (χ0) is 13.8. The van der Waals surface area contributed by atoms with Crippen LogP contribution in [0.15, 0.2) is 24.3 Å². The summed E-state index contributed by atoms with van der Waals surface area (Å²) < 4.78 is 25.6. The molecule has 0 aliphatic heterocycles. The van der Waals surface area contributed by atoms with Crippen molar-refractivity contribution in [2.75, 3.05) is 5.75 Å². The average molecular weight is 271 g/mol. The largest absolute Gasteiger partial charge is 0.481 e. The molecular formula is C12H17NO4S. The van der Waals surface area contributed by atoms with Crippen LogP contribution >= 0.6 is 0 Å². The van der Waals surface area contributed by atoms with Crippen LogP contribution in [0.5, 0.6) is 0 Å². The zero-order valence-corrected chi connectivity index (χ0v) is 11.2. The molecule has 1 aromatic carbocycles. The van der Waals surface area contributed by atoms with E-state index in [4.69, 9.17) is 5.11 Å². The molecular weight excluding hydrogens is 254 g/mol. The van der Waals surface area contributed by atoms with Gasteiger partial charge in [0.15, 0.2) is 0 Å². The van der Waals surface area contributed by atoms with Crippen molar-refractivity contribution in [3.05, 3.63) is 35.4 Å². The Morgan fingerprint density at radius 2 is 1.89 bits per heavy atom. The van der Waals surface area contributed by atoms with Gasteiger partial charge in [0.25, 0.3) is 0 Å². The van der Waals surface area contributed by atoms with Crippen molar-refractivity contribution in [1.29, 1.82) is 0 Å². The number of benzene rings is 1. The number of hydrogen-bond acceptors (Lipinski definition) is 3. The Hall–Kier alpha value is -1.40. The molecule has 0 fully saturated rings. The van der Waals surface area contributed by atoms with Crippen molar-refractivity contribution < 1.29 is 18.3 Å². The lowest BCUT2D eigenvalue weighted by Gasteiger charge is -2.09. The van der Waals surface area contributed by atoms with E-state index in [2.05, 4.69) is 4.72 Å². The van der Waals surface area contributed by atoms with Crippen LogP contribution in [0.1, 0.15) is 18.1 Å². The van der Waals surface area contributed by atoms with Crippen LogP contribution in [0, 0.1) is 12.8 Å². The van der Waals surface area contributed by atoms with Gasteiger partial charge in [-0.05, 0) is 12.5 Å². The lowest BCUT2D eigenvalue weighted by molar-refractivity contribution is -0.140. The monoisotopic (exact) mass is 271 g/mol. The molecule has 0 saturated carbocycles. The molecule has 2 N–H and O–H groups in total. The van der Waals surface area contributed by atoms with Gasteiger partial charge < -0.3 is 5.11 Å². The summed E-state index contributed by atoms with van der Waals surface area (Å²) in [6, 6.07) is 7.45. The minimum atomic E-state index is -3.56. The van der Waals surface area contributed by atoms with Crippen LogP contribution in [0.3, 0.4) is 0 Å². The van der Waals surface area contributed by atoms with Crippen molar-refractivity contribution >= 4 is 16.0 Å². The molecule has 6 heteroatoms. The summed E-state index contributed by atoms with van der Waals surface area (Å²) >= 11 is 0. The number of hydrogen-bond donors (Lipinski definition) is 2. The lowest BCUT2D eigenvalue weighted by atomic mass is 10.2. The van der Waals surface area contributed by atoms with Gasteiger partial charge in [-0.15, -0.1) is 0 Å².